The second-order valence-corrected chi connectivity index (χ2v) is 8.76. The Morgan fingerprint density at radius 2 is 1.42 bits per heavy atom. The normalized spacial score (nSPS) is 15.2. The molecule has 4 N–H and O–H groups in total. The Kier molecular flexibility index (Phi) is 5.20. The summed E-state index contributed by atoms with van der Waals surface area (Å²) < 4.78 is 1.48. The molecule has 8 nitrogen and oxygen atoms in total. The number of nitrogens with two attached hydrogens (primary N) is 1. The number of carbonyl (C=O) groups is 3. The van der Waals surface area contributed by atoms with E-state index in [1.807, 2.05) is 13.0 Å². The number of nitrogen functional groups attached to an aromatic ring is 1. The fourth-order valence-corrected chi connectivity index (χ4v) is 3.62. The van der Waals surface area contributed by atoms with Crippen LogP contribution in [-0.2, 0) is 0 Å². The van der Waals surface area contributed by atoms with Crippen LogP contribution in [0, 0.1) is 6.92 Å². The van der Waals surface area contributed by atoms with Crippen molar-refractivity contribution in [2.75, 3.05) is 5.73 Å². The van der Waals surface area contributed by atoms with Crippen molar-refractivity contribution in [2.24, 2.45) is 0 Å². The number of hydrogen-bond donors (Lipinski definition) is 3. The lowest BCUT2D eigenvalue weighted by atomic mass is 10.0. The summed E-state index contributed by atoms with van der Waals surface area (Å²) >= 11 is 0. The smallest absolute Gasteiger partial charge is 0.251 e. The largest absolute Gasteiger partial charge is 0.383 e. The molecule has 3 aromatic rings. The number of carbonyl (C=O) groups excluding carboxylic acids is 3. The Labute approximate surface area is 191 Å². The number of nitrogens with one attached hydrogen (secondary N) is 2. The summed E-state index contributed by atoms with van der Waals surface area (Å²) in [4.78, 5) is 37.7. The molecule has 33 heavy (non-hydrogen) atoms. The maximum Gasteiger partial charge on any atom is 0.251 e. The van der Waals surface area contributed by atoms with E-state index in [0.29, 0.717) is 22.4 Å². The molecule has 2 fully saturated rings. The number of rotatable bonds is 7. The van der Waals surface area contributed by atoms with E-state index >= 15 is 0 Å². The van der Waals surface area contributed by atoms with Crippen molar-refractivity contribution in [3.63, 3.8) is 0 Å². The van der Waals surface area contributed by atoms with Gasteiger partial charge in [0.2, 0.25) is 0 Å². The van der Waals surface area contributed by atoms with E-state index in [-0.39, 0.29) is 41.1 Å². The van der Waals surface area contributed by atoms with Gasteiger partial charge in [-0.3, -0.25) is 14.4 Å². The maximum atomic E-state index is 13.1. The third-order valence-electron chi connectivity index (χ3n) is 5.98. The number of nitrogens with zero attached hydrogens (tertiary/aromatic N) is 2. The van der Waals surface area contributed by atoms with E-state index in [9.17, 15) is 14.4 Å². The number of aryl methyl sites for hydroxylation is 1. The van der Waals surface area contributed by atoms with Crippen LogP contribution in [0.3, 0.4) is 0 Å². The van der Waals surface area contributed by atoms with Gasteiger partial charge in [-0.25, -0.2) is 4.68 Å². The number of aromatic nitrogens is 2. The average Bonchev–Trinajstić information content (AvgIpc) is 3.75. The van der Waals surface area contributed by atoms with Gasteiger partial charge in [0.25, 0.3) is 11.8 Å². The monoisotopic (exact) mass is 443 g/mol. The fourth-order valence-electron chi connectivity index (χ4n) is 3.62. The molecule has 0 spiro atoms. The predicted octanol–water partition coefficient (Wildman–Crippen LogP) is 2.78. The molecular weight excluding hydrogens is 418 g/mol. The first kappa shape index (κ1) is 20.9. The second-order valence-electron chi connectivity index (χ2n) is 8.76. The highest BCUT2D eigenvalue weighted by molar-refractivity contribution is 6.12. The highest BCUT2D eigenvalue weighted by atomic mass is 16.2. The van der Waals surface area contributed by atoms with Crippen LogP contribution in [0.25, 0.3) is 5.69 Å². The molecule has 5 rings (SSSR count). The van der Waals surface area contributed by atoms with Crippen LogP contribution in [-0.4, -0.2) is 39.5 Å². The minimum absolute atomic E-state index is 0.133. The van der Waals surface area contributed by atoms with Crippen molar-refractivity contribution in [3.05, 3.63) is 76.5 Å². The van der Waals surface area contributed by atoms with Crippen molar-refractivity contribution in [3.8, 4) is 5.69 Å². The van der Waals surface area contributed by atoms with E-state index in [1.54, 1.807) is 36.4 Å². The van der Waals surface area contributed by atoms with E-state index in [1.165, 1.54) is 10.9 Å². The molecular formula is C25H25N5O3. The van der Waals surface area contributed by atoms with Gasteiger partial charge in [-0.1, -0.05) is 18.2 Å². The third kappa shape index (κ3) is 4.37. The van der Waals surface area contributed by atoms with Crippen LogP contribution in [0.1, 0.15) is 67.9 Å². The van der Waals surface area contributed by atoms with Crippen molar-refractivity contribution < 1.29 is 14.4 Å². The highest BCUT2D eigenvalue weighted by Gasteiger charge is 2.25. The van der Waals surface area contributed by atoms with Gasteiger partial charge in [0.15, 0.2) is 5.78 Å². The van der Waals surface area contributed by atoms with Crippen molar-refractivity contribution in [1.29, 1.82) is 0 Å². The molecule has 0 radical (unpaired) electrons. The van der Waals surface area contributed by atoms with Crippen molar-refractivity contribution in [1.82, 2.24) is 20.4 Å². The lowest BCUT2D eigenvalue weighted by Crippen LogP contribution is -2.25. The number of hydrogen-bond acceptors (Lipinski definition) is 5. The minimum Gasteiger partial charge on any atom is -0.383 e. The molecule has 2 saturated carbocycles. The average molecular weight is 444 g/mol. The number of amides is 2. The number of anilines is 1. The minimum atomic E-state index is -0.284. The standard InChI is InChI=1S/C25H25N5O3/c1-14-2-3-17(25(33)29-19-10-11-19)12-21(14)30-23(26)20(13-27-30)22(31)15-4-6-16(7-5-15)24(32)28-18-8-9-18/h2-7,12-13,18-19H,8-11,26H2,1H3,(H,28,32)(H,29,33). The van der Waals surface area contributed by atoms with Crippen molar-refractivity contribution in [2.45, 2.75) is 44.7 Å². The van der Waals surface area contributed by atoms with Crippen LogP contribution < -0.4 is 16.4 Å². The van der Waals surface area contributed by atoms with Gasteiger partial charge < -0.3 is 16.4 Å². The lowest BCUT2D eigenvalue weighted by Gasteiger charge is -2.11. The summed E-state index contributed by atoms with van der Waals surface area (Å²) in [6, 6.07) is 12.4. The Balaban J connectivity index is 1.38. The van der Waals surface area contributed by atoms with Gasteiger partial charge in [0.05, 0.1) is 17.4 Å². The van der Waals surface area contributed by atoms with E-state index in [2.05, 4.69) is 15.7 Å². The summed E-state index contributed by atoms with van der Waals surface area (Å²) in [7, 11) is 0. The Bertz CT molecular complexity index is 1250. The molecule has 1 heterocycles. The Hall–Kier alpha value is -3.94. The zero-order chi connectivity index (χ0) is 23.1. The molecule has 2 amide bonds. The molecule has 2 aliphatic carbocycles. The van der Waals surface area contributed by atoms with Gasteiger partial charge in [0.1, 0.15) is 5.82 Å². The molecule has 0 bridgehead atoms. The molecule has 0 unspecified atom stereocenters. The van der Waals surface area contributed by atoms with Gasteiger partial charge >= 0.3 is 0 Å². The zero-order valence-electron chi connectivity index (χ0n) is 18.3. The van der Waals surface area contributed by atoms with E-state index < -0.39 is 0 Å². The second kappa shape index (κ2) is 8.20. The predicted molar refractivity (Wildman–Crippen MR) is 124 cm³/mol. The van der Waals surface area contributed by atoms with Crippen LogP contribution in [0.4, 0.5) is 5.82 Å². The Morgan fingerprint density at radius 3 is 2.03 bits per heavy atom. The quantitative estimate of drug-likeness (QED) is 0.485. The molecule has 168 valence electrons. The fraction of sp³-hybridized carbons (Fsp3) is 0.280. The topological polar surface area (TPSA) is 119 Å². The molecule has 0 atom stereocenters. The van der Waals surface area contributed by atoms with E-state index in [0.717, 1.165) is 31.2 Å². The molecule has 0 saturated heterocycles. The van der Waals surface area contributed by atoms with Crippen LogP contribution in [0.15, 0.2) is 48.7 Å². The summed E-state index contributed by atoms with van der Waals surface area (Å²) in [5.41, 5.74) is 9.54. The summed E-state index contributed by atoms with van der Waals surface area (Å²) in [6.07, 6.45) is 5.47. The van der Waals surface area contributed by atoms with E-state index in [4.69, 9.17) is 5.73 Å². The van der Waals surface area contributed by atoms with Gasteiger partial charge in [-0.15, -0.1) is 0 Å². The third-order valence-corrected chi connectivity index (χ3v) is 5.98. The maximum absolute atomic E-state index is 13.1. The van der Waals surface area contributed by atoms with Gasteiger partial charge in [-0.05, 0) is 62.4 Å². The summed E-state index contributed by atoms with van der Waals surface area (Å²) in [6.45, 7) is 1.89. The lowest BCUT2D eigenvalue weighted by molar-refractivity contribution is 0.0942. The Morgan fingerprint density at radius 1 is 0.879 bits per heavy atom. The highest BCUT2D eigenvalue weighted by Crippen LogP contribution is 2.25. The first-order valence-electron chi connectivity index (χ1n) is 11.1. The number of benzene rings is 2. The van der Waals surface area contributed by atoms with Crippen LogP contribution >= 0.6 is 0 Å². The summed E-state index contributed by atoms with van der Waals surface area (Å²) in [5.74, 6) is -0.358. The molecule has 1 aromatic heterocycles. The van der Waals surface area contributed by atoms with Gasteiger partial charge in [0, 0.05) is 28.8 Å². The van der Waals surface area contributed by atoms with Crippen molar-refractivity contribution >= 4 is 23.4 Å². The SMILES string of the molecule is Cc1ccc(C(=O)NC2CC2)cc1-n1ncc(C(=O)c2ccc(C(=O)NC3CC3)cc2)c1N. The first-order valence-corrected chi connectivity index (χ1v) is 11.1. The summed E-state index contributed by atoms with van der Waals surface area (Å²) in [5, 5.41) is 10.2. The first-order chi connectivity index (χ1) is 15.9. The molecule has 8 heteroatoms. The molecule has 2 aromatic carbocycles. The van der Waals surface area contributed by atoms with Crippen LogP contribution in [0.2, 0.25) is 0 Å². The van der Waals surface area contributed by atoms with Gasteiger partial charge in [-0.2, -0.15) is 5.10 Å². The molecule has 2 aliphatic rings. The number of ketones is 1. The van der Waals surface area contributed by atoms with Crippen LogP contribution in [0.5, 0.6) is 0 Å². The zero-order valence-corrected chi connectivity index (χ0v) is 18.3. The molecule has 0 aliphatic heterocycles.